The first-order valence-electron chi connectivity index (χ1n) is 7.76. The van der Waals surface area contributed by atoms with E-state index in [-0.39, 0.29) is 0 Å². The molecule has 0 aromatic heterocycles. The maximum atomic E-state index is 11.8. The fraction of sp³-hybridized carbons (Fsp3) is 0.588. The number of anilines is 2. The van der Waals surface area contributed by atoms with E-state index in [9.17, 15) is 4.79 Å². The fourth-order valence-corrected chi connectivity index (χ4v) is 2.60. The smallest absolute Gasteiger partial charge is 0.412 e. The summed E-state index contributed by atoms with van der Waals surface area (Å²) in [6.45, 7) is 7.62. The monoisotopic (exact) mass is 305 g/mol. The molecule has 0 saturated carbocycles. The lowest BCUT2D eigenvalue weighted by atomic mass is 10.2. The predicted molar refractivity (Wildman–Crippen MR) is 90.6 cm³/mol. The number of hydrogen-bond acceptors (Lipinski definition) is 4. The number of hydrogen-bond donors (Lipinski definition) is 1. The first-order chi connectivity index (χ1) is 10.2. The summed E-state index contributed by atoms with van der Waals surface area (Å²) in [6.07, 6.45) is 0.744. The van der Waals surface area contributed by atoms with E-state index in [2.05, 4.69) is 35.3 Å². The summed E-state index contributed by atoms with van der Waals surface area (Å²) >= 11 is 0. The Balaban J connectivity index is 2.00. The molecular formula is C17H27N3O2. The van der Waals surface area contributed by atoms with Gasteiger partial charge in [-0.05, 0) is 59.5 Å². The minimum atomic E-state index is -0.490. The molecule has 0 radical (unpaired) electrons. The van der Waals surface area contributed by atoms with Crippen molar-refractivity contribution in [3.8, 4) is 0 Å². The molecule has 0 aliphatic carbocycles. The second kappa shape index (κ2) is 6.57. The molecule has 1 amide bonds. The van der Waals surface area contributed by atoms with Crippen molar-refractivity contribution in [3.05, 3.63) is 24.3 Å². The van der Waals surface area contributed by atoms with Crippen LogP contribution in [0, 0.1) is 0 Å². The number of ether oxygens (including phenoxy) is 1. The van der Waals surface area contributed by atoms with E-state index in [0.29, 0.717) is 6.04 Å². The van der Waals surface area contributed by atoms with E-state index < -0.39 is 11.7 Å². The van der Waals surface area contributed by atoms with Crippen molar-refractivity contribution in [2.75, 3.05) is 37.4 Å². The molecule has 1 N–H and O–H groups in total. The predicted octanol–water partition coefficient (Wildman–Crippen LogP) is 3.17. The first-order valence-corrected chi connectivity index (χ1v) is 7.76. The van der Waals surface area contributed by atoms with Crippen LogP contribution in [0.15, 0.2) is 24.3 Å². The van der Waals surface area contributed by atoms with Crippen molar-refractivity contribution in [1.29, 1.82) is 0 Å². The highest BCUT2D eigenvalue weighted by atomic mass is 16.6. The minimum Gasteiger partial charge on any atom is -0.444 e. The van der Waals surface area contributed by atoms with Crippen molar-refractivity contribution in [2.45, 2.75) is 38.8 Å². The first kappa shape index (κ1) is 16.6. The molecule has 1 fully saturated rings. The molecular weight excluding hydrogens is 278 g/mol. The molecule has 22 heavy (non-hydrogen) atoms. The Morgan fingerprint density at radius 3 is 2.68 bits per heavy atom. The zero-order valence-electron chi connectivity index (χ0n) is 14.2. The van der Waals surface area contributed by atoms with Gasteiger partial charge in [0.15, 0.2) is 0 Å². The van der Waals surface area contributed by atoms with Crippen molar-refractivity contribution >= 4 is 17.5 Å². The Bertz CT molecular complexity index is 523. The third-order valence-electron chi connectivity index (χ3n) is 3.75. The van der Waals surface area contributed by atoms with Gasteiger partial charge in [-0.1, -0.05) is 6.07 Å². The standard InChI is InChI=1S/C17H27N3O2/c1-17(2,3)22-16(21)18-13-7-6-8-14(11-13)20-10-9-15(12-20)19(4)5/h6-8,11,15H,9-10,12H2,1-5H3,(H,18,21). The van der Waals surface area contributed by atoms with Crippen LogP contribution in [0.2, 0.25) is 0 Å². The molecule has 5 heteroatoms. The van der Waals surface area contributed by atoms with E-state index in [1.54, 1.807) is 0 Å². The Kier molecular flexibility index (Phi) is 4.96. The van der Waals surface area contributed by atoms with Crippen molar-refractivity contribution < 1.29 is 9.53 Å². The van der Waals surface area contributed by atoms with Crippen LogP contribution in [-0.2, 0) is 4.74 Å². The van der Waals surface area contributed by atoms with Crippen LogP contribution >= 0.6 is 0 Å². The molecule has 122 valence electrons. The summed E-state index contributed by atoms with van der Waals surface area (Å²) in [4.78, 5) is 16.5. The maximum absolute atomic E-state index is 11.8. The van der Waals surface area contributed by atoms with Gasteiger partial charge in [-0.25, -0.2) is 4.79 Å². The number of likely N-dealkylation sites (N-methyl/N-ethyl adjacent to an activating group) is 1. The lowest BCUT2D eigenvalue weighted by molar-refractivity contribution is 0.0636. The fourth-order valence-electron chi connectivity index (χ4n) is 2.60. The average Bonchev–Trinajstić information content (AvgIpc) is 2.86. The average molecular weight is 305 g/mol. The normalized spacial score (nSPS) is 18.6. The lowest BCUT2D eigenvalue weighted by Gasteiger charge is -2.23. The van der Waals surface area contributed by atoms with Gasteiger partial charge in [0.05, 0.1) is 0 Å². The second-order valence-electron chi connectivity index (χ2n) is 7.03. The van der Waals surface area contributed by atoms with Crippen LogP contribution in [0.25, 0.3) is 0 Å². The molecule has 1 aliphatic rings. The van der Waals surface area contributed by atoms with Crippen molar-refractivity contribution in [2.24, 2.45) is 0 Å². The zero-order chi connectivity index (χ0) is 16.3. The molecule has 5 nitrogen and oxygen atoms in total. The molecule has 1 unspecified atom stereocenters. The molecule has 1 aromatic carbocycles. The van der Waals surface area contributed by atoms with Crippen molar-refractivity contribution in [1.82, 2.24) is 4.90 Å². The number of nitrogens with one attached hydrogen (secondary N) is 1. The molecule has 1 atom stereocenters. The highest BCUT2D eigenvalue weighted by molar-refractivity contribution is 5.85. The molecule has 1 saturated heterocycles. The van der Waals surface area contributed by atoms with Gasteiger partial charge in [-0.3, -0.25) is 5.32 Å². The second-order valence-corrected chi connectivity index (χ2v) is 7.03. The zero-order valence-corrected chi connectivity index (χ0v) is 14.2. The van der Waals surface area contributed by atoms with Crippen LogP contribution < -0.4 is 10.2 Å². The molecule has 1 aliphatic heterocycles. The van der Waals surface area contributed by atoms with Gasteiger partial charge in [0.1, 0.15) is 5.60 Å². The van der Waals surface area contributed by atoms with Crippen LogP contribution in [-0.4, -0.2) is 49.8 Å². The van der Waals surface area contributed by atoms with Gasteiger partial charge >= 0.3 is 6.09 Å². The summed E-state index contributed by atoms with van der Waals surface area (Å²) in [5.41, 5.74) is 1.41. The van der Waals surface area contributed by atoms with Gasteiger partial charge in [0.2, 0.25) is 0 Å². The van der Waals surface area contributed by atoms with Crippen molar-refractivity contribution in [3.63, 3.8) is 0 Å². The molecule has 1 heterocycles. The summed E-state index contributed by atoms with van der Waals surface area (Å²) in [5.74, 6) is 0. The Labute approximate surface area is 133 Å². The van der Waals surface area contributed by atoms with Gasteiger partial charge in [-0.15, -0.1) is 0 Å². The third kappa shape index (κ3) is 4.63. The largest absolute Gasteiger partial charge is 0.444 e. The molecule has 1 aromatic rings. The van der Waals surface area contributed by atoms with Gasteiger partial charge in [0, 0.05) is 30.5 Å². The van der Waals surface area contributed by atoms with E-state index in [1.165, 1.54) is 0 Å². The summed E-state index contributed by atoms with van der Waals surface area (Å²) in [7, 11) is 4.24. The third-order valence-corrected chi connectivity index (χ3v) is 3.75. The van der Waals surface area contributed by atoms with Gasteiger partial charge in [-0.2, -0.15) is 0 Å². The summed E-state index contributed by atoms with van der Waals surface area (Å²) < 4.78 is 5.29. The minimum absolute atomic E-state index is 0.419. The van der Waals surface area contributed by atoms with Crippen LogP contribution in [0.4, 0.5) is 16.2 Å². The number of nitrogens with zero attached hydrogens (tertiary/aromatic N) is 2. The Hall–Kier alpha value is -1.75. The molecule has 2 rings (SSSR count). The van der Waals surface area contributed by atoms with Gasteiger partial charge in [0.25, 0.3) is 0 Å². The van der Waals surface area contributed by atoms with E-state index in [0.717, 1.165) is 30.9 Å². The van der Waals surface area contributed by atoms with Crippen LogP contribution in [0.3, 0.4) is 0 Å². The van der Waals surface area contributed by atoms with E-state index in [4.69, 9.17) is 4.74 Å². The summed E-state index contributed by atoms with van der Waals surface area (Å²) in [6, 6.07) is 8.51. The maximum Gasteiger partial charge on any atom is 0.412 e. The quantitative estimate of drug-likeness (QED) is 0.931. The topological polar surface area (TPSA) is 44.8 Å². The highest BCUT2D eigenvalue weighted by Crippen LogP contribution is 2.25. The Morgan fingerprint density at radius 2 is 2.09 bits per heavy atom. The SMILES string of the molecule is CN(C)C1CCN(c2cccc(NC(=O)OC(C)(C)C)c2)C1. The lowest BCUT2D eigenvalue weighted by Crippen LogP contribution is -2.31. The number of benzene rings is 1. The summed E-state index contributed by atoms with van der Waals surface area (Å²) in [5, 5.41) is 2.80. The van der Waals surface area contributed by atoms with Gasteiger partial charge < -0.3 is 14.5 Å². The van der Waals surface area contributed by atoms with Crippen LogP contribution in [0.1, 0.15) is 27.2 Å². The van der Waals surface area contributed by atoms with E-state index >= 15 is 0 Å². The number of rotatable bonds is 3. The number of carbonyl (C=O) groups excluding carboxylic acids is 1. The number of amides is 1. The highest BCUT2D eigenvalue weighted by Gasteiger charge is 2.24. The Morgan fingerprint density at radius 1 is 1.36 bits per heavy atom. The van der Waals surface area contributed by atoms with Crippen LogP contribution in [0.5, 0.6) is 0 Å². The van der Waals surface area contributed by atoms with E-state index in [1.807, 2.05) is 39.0 Å². The molecule has 0 spiro atoms. The number of carbonyl (C=O) groups is 1. The molecule has 0 bridgehead atoms.